The summed E-state index contributed by atoms with van der Waals surface area (Å²) >= 11 is 1.29. The summed E-state index contributed by atoms with van der Waals surface area (Å²) < 4.78 is 5.23. The second-order valence-corrected chi connectivity index (χ2v) is 5.64. The average Bonchev–Trinajstić information content (AvgIpc) is 2.93. The van der Waals surface area contributed by atoms with Crippen molar-refractivity contribution < 1.29 is 19.7 Å². The van der Waals surface area contributed by atoms with Crippen LogP contribution in [0.25, 0.3) is 0 Å². The highest BCUT2D eigenvalue weighted by molar-refractivity contribution is 7.12. The van der Waals surface area contributed by atoms with Crippen LogP contribution in [0.1, 0.15) is 29.0 Å². The molecule has 0 aliphatic carbocycles. The lowest BCUT2D eigenvalue weighted by Crippen LogP contribution is -2.20. The van der Waals surface area contributed by atoms with Crippen LogP contribution in [0.3, 0.4) is 0 Å². The van der Waals surface area contributed by atoms with Gasteiger partial charge in [-0.1, -0.05) is 17.3 Å². The maximum absolute atomic E-state index is 11.5. The molecule has 1 N–H and O–H groups in total. The van der Waals surface area contributed by atoms with Crippen LogP contribution in [0.2, 0.25) is 0 Å². The molecule has 0 amide bonds. The van der Waals surface area contributed by atoms with Gasteiger partial charge in [0.05, 0.1) is 15.4 Å². The molecule has 0 bridgehead atoms. The Morgan fingerprint density at radius 3 is 2.61 bits per heavy atom. The van der Waals surface area contributed by atoms with Crippen LogP contribution in [0.4, 0.5) is 5.69 Å². The van der Waals surface area contributed by atoms with Crippen molar-refractivity contribution in [2.75, 3.05) is 0 Å². The van der Waals surface area contributed by atoms with Crippen LogP contribution in [0.5, 0.6) is 0 Å². The number of carbonyl (C=O) groups excluding carboxylic acids is 1. The summed E-state index contributed by atoms with van der Waals surface area (Å²) in [7, 11) is 0. The van der Waals surface area contributed by atoms with Gasteiger partial charge >= 0.3 is 5.97 Å². The fourth-order valence-corrected chi connectivity index (χ4v) is 3.09. The predicted octanol–water partition coefficient (Wildman–Crippen LogP) is 3.45. The molecule has 1 unspecified atom stereocenters. The quantitative estimate of drug-likeness (QED) is 0.297. The summed E-state index contributed by atoms with van der Waals surface area (Å²) in [4.78, 5) is 22.7. The number of benzene rings is 1. The van der Waals surface area contributed by atoms with Gasteiger partial charge in [0.1, 0.15) is 5.71 Å². The second kappa shape index (κ2) is 7.01. The Kier molecular flexibility index (Phi) is 5.07. The fourth-order valence-electron chi connectivity index (χ4n) is 2.16. The highest BCUT2D eigenvalue weighted by Crippen LogP contribution is 2.33. The van der Waals surface area contributed by atoms with Crippen molar-refractivity contribution in [3.8, 4) is 0 Å². The van der Waals surface area contributed by atoms with Gasteiger partial charge in [0, 0.05) is 13.0 Å². The SMILES string of the molecule is CC(=O)OC(/C(=N/O)c1sccc1C)c1ccccc1[N+](=O)[O-]. The molecule has 23 heavy (non-hydrogen) atoms. The Labute approximate surface area is 136 Å². The molecule has 0 radical (unpaired) electrons. The summed E-state index contributed by atoms with van der Waals surface area (Å²) in [6, 6.07) is 7.70. The van der Waals surface area contributed by atoms with E-state index in [-0.39, 0.29) is 17.0 Å². The molecule has 2 rings (SSSR count). The zero-order valence-corrected chi connectivity index (χ0v) is 13.2. The average molecular weight is 334 g/mol. The number of para-hydroxylation sites is 1. The molecule has 1 atom stereocenters. The molecule has 0 saturated heterocycles. The molecular weight excluding hydrogens is 320 g/mol. The molecule has 1 aromatic carbocycles. The topological polar surface area (TPSA) is 102 Å². The summed E-state index contributed by atoms with van der Waals surface area (Å²) in [6.07, 6.45) is -1.17. The standard InChI is InChI=1S/C15H14N2O5S/c1-9-7-8-23-15(9)13(16-19)14(22-10(2)18)11-5-3-4-6-12(11)17(20)21/h3-8,14,19H,1-2H3/b16-13-. The number of rotatable bonds is 5. The number of nitro groups is 1. The molecule has 1 aromatic heterocycles. The smallest absolute Gasteiger partial charge is 0.303 e. The minimum absolute atomic E-state index is 0.0574. The van der Waals surface area contributed by atoms with Crippen LogP contribution in [0, 0.1) is 17.0 Å². The Balaban J connectivity index is 2.60. The maximum atomic E-state index is 11.5. The van der Waals surface area contributed by atoms with E-state index in [4.69, 9.17) is 4.74 Å². The highest BCUT2D eigenvalue weighted by atomic mass is 32.1. The van der Waals surface area contributed by atoms with Gasteiger partial charge in [-0.05, 0) is 30.0 Å². The van der Waals surface area contributed by atoms with Gasteiger partial charge in [0.15, 0.2) is 6.10 Å². The number of esters is 1. The number of nitrogens with zero attached hydrogens (tertiary/aromatic N) is 2. The van der Waals surface area contributed by atoms with Crippen molar-refractivity contribution in [2.24, 2.45) is 5.16 Å². The first-order chi connectivity index (χ1) is 11.0. The molecular formula is C15H14N2O5S. The van der Waals surface area contributed by atoms with E-state index in [9.17, 15) is 20.1 Å². The van der Waals surface area contributed by atoms with Crippen molar-refractivity contribution in [1.29, 1.82) is 0 Å². The minimum atomic E-state index is -1.17. The Morgan fingerprint density at radius 1 is 1.39 bits per heavy atom. The van der Waals surface area contributed by atoms with E-state index in [1.54, 1.807) is 18.4 Å². The number of hydrogen-bond acceptors (Lipinski definition) is 7. The summed E-state index contributed by atoms with van der Waals surface area (Å²) in [5, 5.41) is 25.7. The van der Waals surface area contributed by atoms with Crippen LogP contribution in [0.15, 0.2) is 40.9 Å². The number of ether oxygens (including phenoxy) is 1. The largest absolute Gasteiger partial charge is 0.451 e. The van der Waals surface area contributed by atoms with Gasteiger partial charge in [0.25, 0.3) is 5.69 Å². The number of carbonyl (C=O) groups is 1. The van der Waals surface area contributed by atoms with Crippen molar-refractivity contribution in [3.05, 3.63) is 61.8 Å². The highest BCUT2D eigenvalue weighted by Gasteiger charge is 2.31. The van der Waals surface area contributed by atoms with Gasteiger partial charge in [-0.15, -0.1) is 11.3 Å². The van der Waals surface area contributed by atoms with E-state index in [1.807, 2.05) is 6.07 Å². The van der Waals surface area contributed by atoms with Gasteiger partial charge in [-0.3, -0.25) is 14.9 Å². The molecule has 0 saturated carbocycles. The van der Waals surface area contributed by atoms with E-state index < -0.39 is 17.0 Å². The zero-order chi connectivity index (χ0) is 17.0. The molecule has 0 aliphatic rings. The van der Waals surface area contributed by atoms with Gasteiger partial charge < -0.3 is 9.94 Å². The van der Waals surface area contributed by atoms with Crippen LogP contribution in [-0.2, 0) is 9.53 Å². The number of aryl methyl sites for hydroxylation is 1. The van der Waals surface area contributed by atoms with Crippen molar-refractivity contribution in [3.63, 3.8) is 0 Å². The van der Waals surface area contributed by atoms with E-state index in [1.165, 1.54) is 36.5 Å². The van der Waals surface area contributed by atoms with Crippen LogP contribution >= 0.6 is 11.3 Å². The molecule has 2 aromatic rings. The van der Waals surface area contributed by atoms with E-state index >= 15 is 0 Å². The first-order valence-corrected chi connectivity index (χ1v) is 7.50. The van der Waals surface area contributed by atoms with E-state index in [0.29, 0.717) is 4.88 Å². The molecule has 7 nitrogen and oxygen atoms in total. The monoisotopic (exact) mass is 334 g/mol. The van der Waals surface area contributed by atoms with Crippen LogP contribution in [-0.4, -0.2) is 21.8 Å². The fraction of sp³-hybridized carbons (Fsp3) is 0.200. The first kappa shape index (κ1) is 16.6. The van der Waals surface area contributed by atoms with Gasteiger partial charge in [0.2, 0.25) is 0 Å². The number of oxime groups is 1. The van der Waals surface area contributed by atoms with E-state index in [0.717, 1.165) is 5.56 Å². The zero-order valence-electron chi connectivity index (χ0n) is 12.4. The third kappa shape index (κ3) is 3.54. The lowest BCUT2D eigenvalue weighted by Gasteiger charge is -2.18. The van der Waals surface area contributed by atoms with Crippen molar-refractivity contribution >= 4 is 28.7 Å². The molecule has 0 spiro atoms. The number of hydrogen-bond donors (Lipinski definition) is 1. The minimum Gasteiger partial charge on any atom is -0.451 e. The van der Waals surface area contributed by atoms with Gasteiger partial charge in [-0.25, -0.2) is 0 Å². The first-order valence-electron chi connectivity index (χ1n) is 6.62. The second-order valence-electron chi connectivity index (χ2n) is 4.72. The Bertz CT molecular complexity index is 769. The lowest BCUT2D eigenvalue weighted by molar-refractivity contribution is -0.386. The number of thiophene rings is 1. The maximum Gasteiger partial charge on any atom is 0.303 e. The molecule has 8 heteroatoms. The summed E-state index contributed by atoms with van der Waals surface area (Å²) in [6.45, 7) is 3.00. The predicted molar refractivity (Wildman–Crippen MR) is 85.0 cm³/mol. The molecule has 1 heterocycles. The van der Waals surface area contributed by atoms with Crippen molar-refractivity contribution in [1.82, 2.24) is 0 Å². The van der Waals surface area contributed by atoms with E-state index in [2.05, 4.69) is 5.16 Å². The van der Waals surface area contributed by atoms with Crippen molar-refractivity contribution in [2.45, 2.75) is 20.0 Å². The lowest BCUT2D eigenvalue weighted by atomic mass is 10.0. The van der Waals surface area contributed by atoms with Gasteiger partial charge in [-0.2, -0.15) is 0 Å². The molecule has 0 fully saturated rings. The Hall–Kier alpha value is -2.74. The third-order valence-corrected chi connectivity index (χ3v) is 4.19. The molecule has 120 valence electrons. The summed E-state index contributed by atoms with van der Waals surface area (Å²) in [5.74, 6) is -0.636. The van der Waals surface area contributed by atoms with Crippen LogP contribution < -0.4 is 0 Å². The normalized spacial score (nSPS) is 12.7. The summed E-state index contributed by atoms with van der Waals surface area (Å²) in [5.41, 5.74) is 0.808. The molecule has 0 aliphatic heterocycles. The third-order valence-electron chi connectivity index (χ3n) is 3.15. The Morgan fingerprint density at radius 2 is 2.09 bits per heavy atom. The number of nitro benzene ring substituents is 1.